The van der Waals surface area contributed by atoms with Gasteiger partial charge in [0.15, 0.2) is 0 Å². The molecule has 3 fully saturated rings. The molecule has 1 aliphatic carbocycles. The van der Waals surface area contributed by atoms with Crippen molar-refractivity contribution in [3.63, 3.8) is 0 Å². The van der Waals surface area contributed by atoms with E-state index in [2.05, 4.69) is 5.32 Å². The Morgan fingerprint density at radius 3 is 2.35 bits per heavy atom. The fraction of sp³-hybridized carbons (Fsp3) is 0.850. The van der Waals surface area contributed by atoms with Crippen LogP contribution in [-0.4, -0.2) is 58.7 Å². The molecular formula is C20H33N3O3. The average Bonchev–Trinajstić information content (AvgIpc) is 3.24. The summed E-state index contributed by atoms with van der Waals surface area (Å²) in [6.07, 6.45) is 8.23. The highest BCUT2D eigenvalue weighted by Crippen LogP contribution is 2.30. The summed E-state index contributed by atoms with van der Waals surface area (Å²) in [7, 11) is 0. The number of hydrogen-bond donors (Lipinski definition) is 1. The Balaban J connectivity index is 1.53. The van der Waals surface area contributed by atoms with Gasteiger partial charge in [0.2, 0.25) is 17.7 Å². The van der Waals surface area contributed by atoms with Gasteiger partial charge in [-0.2, -0.15) is 0 Å². The highest BCUT2D eigenvalue weighted by Gasteiger charge is 2.41. The van der Waals surface area contributed by atoms with Gasteiger partial charge in [-0.15, -0.1) is 0 Å². The van der Waals surface area contributed by atoms with Crippen LogP contribution in [0.4, 0.5) is 0 Å². The first kappa shape index (κ1) is 19.2. The molecule has 6 nitrogen and oxygen atoms in total. The number of rotatable bonds is 5. The van der Waals surface area contributed by atoms with Gasteiger partial charge >= 0.3 is 0 Å². The van der Waals surface area contributed by atoms with Crippen molar-refractivity contribution in [2.24, 2.45) is 5.92 Å². The van der Waals surface area contributed by atoms with Crippen LogP contribution in [0.15, 0.2) is 0 Å². The van der Waals surface area contributed by atoms with Crippen molar-refractivity contribution in [1.82, 2.24) is 15.1 Å². The summed E-state index contributed by atoms with van der Waals surface area (Å²) in [5.74, 6) is 0.900. The molecule has 3 amide bonds. The Morgan fingerprint density at radius 1 is 1.08 bits per heavy atom. The first-order valence-electron chi connectivity index (χ1n) is 10.3. The zero-order chi connectivity index (χ0) is 18.7. The van der Waals surface area contributed by atoms with Crippen LogP contribution < -0.4 is 5.32 Å². The van der Waals surface area contributed by atoms with Gasteiger partial charge in [-0.25, -0.2) is 0 Å². The first-order valence-corrected chi connectivity index (χ1v) is 10.3. The van der Waals surface area contributed by atoms with Gasteiger partial charge < -0.3 is 15.1 Å². The van der Waals surface area contributed by atoms with Crippen molar-refractivity contribution in [3.05, 3.63) is 0 Å². The Morgan fingerprint density at radius 2 is 1.73 bits per heavy atom. The Hall–Kier alpha value is -1.59. The van der Waals surface area contributed by atoms with Gasteiger partial charge in [0.25, 0.3) is 0 Å². The summed E-state index contributed by atoms with van der Waals surface area (Å²) in [5.41, 5.74) is 0. The molecule has 2 heterocycles. The predicted molar refractivity (Wildman–Crippen MR) is 99.3 cm³/mol. The third-order valence-electron chi connectivity index (χ3n) is 6.14. The maximum Gasteiger partial charge on any atom is 0.243 e. The van der Waals surface area contributed by atoms with Gasteiger partial charge in [-0.05, 0) is 51.9 Å². The van der Waals surface area contributed by atoms with E-state index in [4.69, 9.17) is 0 Å². The normalized spacial score (nSPS) is 25.3. The zero-order valence-electron chi connectivity index (χ0n) is 16.2. The number of likely N-dealkylation sites (tertiary alicyclic amines) is 2. The molecule has 1 saturated carbocycles. The lowest BCUT2D eigenvalue weighted by molar-refractivity contribution is -0.140. The topological polar surface area (TPSA) is 69.7 Å². The Kier molecular flexibility index (Phi) is 6.20. The molecule has 146 valence electrons. The number of carbonyl (C=O) groups excluding carboxylic acids is 3. The lowest BCUT2D eigenvalue weighted by Crippen LogP contribution is -2.54. The SMILES string of the molecule is CC(C)NC(=O)C1CCC(=O)N1C1CCN(C(=O)CC2CCCC2)CC1. The van der Waals surface area contributed by atoms with Crippen molar-refractivity contribution >= 4 is 17.7 Å². The number of nitrogens with one attached hydrogen (secondary N) is 1. The minimum atomic E-state index is -0.337. The Labute approximate surface area is 156 Å². The molecule has 1 unspecified atom stereocenters. The van der Waals surface area contributed by atoms with E-state index in [9.17, 15) is 14.4 Å². The number of hydrogen-bond acceptors (Lipinski definition) is 3. The maximum atomic E-state index is 12.5. The molecule has 3 rings (SSSR count). The minimum Gasteiger partial charge on any atom is -0.352 e. The van der Waals surface area contributed by atoms with Gasteiger partial charge in [-0.3, -0.25) is 14.4 Å². The standard InChI is InChI=1S/C20H33N3O3/c1-14(2)21-20(26)17-7-8-18(24)23(17)16-9-11-22(12-10-16)19(25)13-15-5-3-4-6-15/h14-17H,3-13H2,1-2H3,(H,21,26). The largest absolute Gasteiger partial charge is 0.352 e. The van der Waals surface area contributed by atoms with Crippen LogP contribution in [0.5, 0.6) is 0 Å². The molecule has 0 radical (unpaired) electrons. The fourth-order valence-corrected chi connectivity index (χ4v) is 4.78. The van der Waals surface area contributed by atoms with E-state index >= 15 is 0 Å². The zero-order valence-corrected chi connectivity index (χ0v) is 16.2. The van der Waals surface area contributed by atoms with E-state index in [1.165, 1.54) is 25.7 Å². The van der Waals surface area contributed by atoms with Crippen molar-refractivity contribution in [1.29, 1.82) is 0 Å². The summed E-state index contributed by atoms with van der Waals surface area (Å²) < 4.78 is 0. The van der Waals surface area contributed by atoms with E-state index in [0.717, 1.165) is 12.8 Å². The third-order valence-corrected chi connectivity index (χ3v) is 6.14. The van der Waals surface area contributed by atoms with Crippen molar-refractivity contribution < 1.29 is 14.4 Å². The van der Waals surface area contributed by atoms with E-state index in [1.807, 2.05) is 23.6 Å². The fourth-order valence-electron chi connectivity index (χ4n) is 4.78. The number of amides is 3. The van der Waals surface area contributed by atoms with Gasteiger partial charge in [0.1, 0.15) is 6.04 Å². The molecule has 6 heteroatoms. The van der Waals surface area contributed by atoms with Crippen molar-refractivity contribution in [2.75, 3.05) is 13.1 Å². The van der Waals surface area contributed by atoms with Gasteiger partial charge in [0.05, 0.1) is 0 Å². The van der Waals surface area contributed by atoms with Gasteiger partial charge in [-0.1, -0.05) is 12.8 Å². The second-order valence-corrected chi connectivity index (χ2v) is 8.49. The minimum absolute atomic E-state index is 0.0365. The highest BCUT2D eigenvalue weighted by molar-refractivity contribution is 5.91. The summed E-state index contributed by atoms with van der Waals surface area (Å²) >= 11 is 0. The molecule has 2 aliphatic heterocycles. The quantitative estimate of drug-likeness (QED) is 0.813. The molecule has 3 aliphatic rings. The molecule has 0 aromatic rings. The second-order valence-electron chi connectivity index (χ2n) is 8.49. The number of nitrogens with zero attached hydrogens (tertiary/aromatic N) is 2. The van der Waals surface area contributed by atoms with E-state index < -0.39 is 0 Å². The molecule has 26 heavy (non-hydrogen) atoms. The van der Waals surface area contributed by atoms with E-state index in [0.29, 0.717) is 38.3 Å². The molecule has 1 atom stereocenters. The van der Waals surface area contributed by atoms with Crippen molar-refractivity contribution in [3.8, 4) is 0 Å². The van der Waals surface area contributed by atoms with Crippen LogP contribution in [0, 0.1) is 5.92 Å². The molecule has 2 saturated heterocycles. The highest BCUT2D eigenvalue weighted by atomic mass is 16.2. The van der Waals surface area contributed by atoms with Crippen LogP contribution >= 0.6 is 0 Å². The molecule has 0 aromatic heterocycles. The molecule has 0 bridgehead atoms. The number of piperidine rings is 1. The first-order chi connectivity index (χ1) is 12.5. The Bertz CT molecular complexity index is 534. The lowest BCUT2D eigenvalue weighted by atomic mass is 9.99. The molecule has 0 spiro atoms. The monoisotopic (exact) mass is 363 g/mol. The summed E-state index contributed by atoms with van der Waals surface area (Å²) in [6, 6.07) is -0.172. The van der Waals surface area contributed by atoms with E-state index in [1.54, 1.807) is 0 Å². The van der Waals surface area contributed by atoms with Crippen LogP contribution in [0.1, 0.15) is 71.6 Å². The molecule has 1 N–H and O–H groups in total. The summed E-state index contributed by atoms with van der Waals surface area (Å²) in [5, 5.41) is 2.94. The summed E-state index contributed by atoms with van der Waals surface area (Å²) in [4.78, 5) is 41.1. The summed E-state index contributed by atoms with van der Waals surface area (Å²) in [6.45, 7) is 5.29. The molecular weight excluding hydrogens is 330 g/mol. The maximum absolute atomic E-state index is 12.5. The van der Waals surface area contributed by atoms with E-state index in [-0.39, 0.29) is 35.8 Å². The van der Waals surface area contributed by atoms with Gasteiger partial charge in [0, 0.05) is 38.0 Å². The third kappa shape index (κ3) is 4.38. The van der Waals surface area contributed by atoms with Crippen LogP contribution in [0.3, 0.4) is 0 Å². The van der Waals surface area contributed by atoms with Crippen LogP contribution in [0.25, 0.3) is 0 Å². The van der Waals surface area contributed by atoms with Crippen molar-refractivity contribution in [2.45, 2.75) is 89.8 Å². The van der Waals surface area contributed by atoms with Crippen LogP contribution in [-0.2, 0) is 14.4 Å². The average molecular weight is 364 g/mol. The predicted octanol–water partition coefficient (Wildman–Crippen LogP) is 2.07. The molecule has 0 aromatic carbocycles. The second kappa shape index (κ2) is 8.40. The lowest BCUT2D eigenvalue weighted by Gasteiger charge is -2.39. The number of carbonyl (C=O) groups is 3. The smallest absolute Gasteiger partial charge is 0.243 e. The van der Waals surface area contributed by atoms with Crippen LogP contribution in [0.2, 0.25) is 0 Å².